The van der Waals surface area contributed by atoms with Gasteiger partial charge < -0.3 is 9.84 Å². The predicted octanol–water partition coefficient (Wildman–Crippen LogP) is 1.71. The molecule has 0 aromatic heterocycles. The number of methoxy groups -OCH3 is 1. The highest BCUT2D eigenvalue weighted by molar-refractivity contribution is 7.89. The van der Waals surface area contributed by atoms with Crippen LogP contribution in [-0.4, -0.2) is 44.6 Å². The number of sulfonamides is 1. The molecular formula is C15H23NO4S. The second-order valence-corrected chi connectivity index (χ2v) is 7.50. The average Bonchev–Trinajstić information content (AvgIpc) is 2.87. The summed E-state index contributed by atoms with van der Waals surface area (Å²) in [5.74, 6) is 0.923. The molecule has 1 fully saturated rings. The van der Waals surface area contributed by atoms with E-state index in [9.17, 15) is 8.42 Å². The molecule has 1 aliphatic heterocycles. The SMILES string of the molecule is COc1cc(C)c(S(=O)(=O)N2CCC(CCO)C2)c(C)c1. The zero-order valence-electron chi connectivity index (χ0n) is 12.8. The molecule has 0 aliphatic carbocycles. The molecule has 6 heteroatoms. The molecule has 1 atom stereocenters. The van der Waals surface area contributed by atoms with Crippen molar-refractivity contribution in [2.24, 2.45) is 5.92 Å². The highest BCUT2D eigenvalue weighted by atomic mass is 32.2. The van der Waals surface area contributed by atoms with Crippen LogP contribution in [0.3, 0.4) is 0 Å². The van der Waals surface area contributed by atoms with Gasteiger partial charge in [0.25, 0.3) is 0 Å². The molecule has 0 amide bonds. The Morgan fingerprint density at radius 1 is 1.33 bits per heavy atom. The number of benzene rings is 1. The lowest BCUT2D eigenvalue weighted by atomic mass is 10.1. The van der Waals surface area contributed by atoms with E-state index < -0.39 is 10.0 Å². The van der Waals surface area contributed by atoms with Gasteiger partial charge in [-0.05, 0) is 55.9 Å². The molecular weight excluding hydrogens is 290 g/mol. The van der Waals surface area contributed by atoms with Crippen molar-refractivity contribution in [1.29, 1.82) is 0 Å². The number of aliphatic hydroxyl groups is 1. The van der Waals surface area contributed by atoms with E-state index in [4.69, 9.17) is 9.84 Å². The first-order valence-corrected chi connectivity index (χ1v) is 8.60. The average molecular weight is 313 g/mol. The number of aliphatic hydroxyl groups excluding tert-OH is 1. The van der Waals surface area contributed by atoms with Crippen LogP contribution >= 0.6 is 0 Å². The predicted molar refractivity (Wildman–Crippen MR) is 81.0 cm³/mol. The Morgan fingerprint density at radius 3 is 2.48 bits per heavy atom. The zero-order valence-corrected chi connectivity index (χ0v) is 13.6. The molecule has 1 aromatic carbocycles. The normalized spacial score (nSPS) is 19.9. The molecule has 2 rings (SSSR count). The molecule has 5 nitrogen and oxygen atoms in total. The number of ether oxygens (including phenoxy) is 1. The van der Waals surface area contributed by atoms with Crippen molar-refractivity contribution in [1.82, 2.24) is 4.31 Å². The number of hydrogen-bond acceptors (Lipinski definition) is 4. The topological polar surface area (TPSA) is 66.8 Å². The molecule has 1 aliphatic rings. The molecule has 0 spiro atoms. The van der Waals surface area contributed by atoms with E-state index >= 15 is 0 Å². The third-order valence-electron chi connectivity index (χ3n) is 4.05. The number of hydrogen-bond donors (Lipinski definition) is 1. The van der Waals surface area contributed by atoms with Crippen molar-refractivity contribution in [3.63, 3.8) is 0 Å². The summed E-state index contributed by atoms with van der Waals surface area (Å²) < 4.78 is 32.4. The number of rotatable bonds is 5. The lowest BCUT2D eigenvalue weighted by molar-refractivity contribution is 0.259. The Balaban J connectivity index is 2.33. The van der Waals surface area contributed by atoms with E-state index in [1.165, 1.54) is 4.31 Å². The van der Waals surface area contributed by atoms with Gasteiger partial charge in [-0.3, -0.25) is 0 Å². The minimum atomic E-state index is -3.48. The maximum Gasteiger partial charge on any atom is 0.243 e. The Kier molecular flexibility index (Phi) is 4.91. The zero-order chi connectivity index (χ0) is 15.6. The van der Waals surface area contributed by atoms with Gasteiger partial charge in [0.05, 0.1) is 12.0 Å². The molecule has 1 aromatic rings. The first-order valence-electron chi connectivity index (χ1n) is 7.16. The van der Waals surface area contributed by atoms with Crippen molar-refractivity contribution in [2.45, 2.75) is 31.6 Å². The number of nitrogens with zero attached hydrogens (tertiary/aromatic N) is 1. The summed E-state index contributed by atoms with van der Waals surface area (Å²) in [6.45, 7) is 4.72. The van der Waals surface area contributed by atoms with Gasteiger partial charge in [0.2, 0.25) is 10.0 Å². The van der Waals surface area contributed by atoms with E-state index in [-0.39, 0.29) is 12.5 Å². The molecule has 0 saturated carbocycles. The van der Waals surface area contributed by atoms with Gasteiger partial charge in [0, 0.05) is 19.7 Å². The molecule has 1 N–H and O–H groups in total. The molecule has 1 unspecified atom stereocenters. The summed E-state index contributed by atoms with van der Waals surface area (Å²) in [7, 11) is -1.91. The summed E-state index contributed by atoms with van der Waals surface area (Å²) in [4.78, 5) is 0.382. The lowest BCUT2D eigenvalue weighted by Gasteiger charge is -2.20. The number of aryl methyl sites for hydroxylation is 2. The minimum Gasteiger partial charge on any atom is -0.497 e. The van der Waals surface area contributed by atoms with Crippen molar-refractivity contribution in [3.8, 4) is 5.75 Å². The monoisotopic (exact) mass is 313 g/mol. The van der Waals surface area contributed by atoms with Gasteiger partial charge in [-0.1, -0.05) is 0 Å². The van der Waals surface area contributed by atoms with Gasteiger partial charge in [-0.2, -0.15) is 4.31 Å². The largest absolute Gasteiger partial charge is 0.497 e. The van der Waals surface area contributed by atoms with Crippen LogP contribution in [0.2, 0.25) is 0 Å². The van der Waals surface area contributed by atoms with E-state index in [0.717, 1.165) is 6.42 Å². The van der Waals surface area contributed by atoms with Crippen LogP contribution in [0.25, 0.3) is 0 Å². The van der Waals surface area contributed by atoms with E-state index in [2.05, 4.69) is 0 Å². The van der Waals surface area contributed by atoms with Crippen LogP contribution in [0.1, 0.15) is 24.0 Å². The van der Waals surface area contributed by atoms with Crippen LogP contribution in [0.5, 0.6) is 5.75 Å². The van der Waals surface area contributed by atoms with Crippen LogP contribution in [-0.2, 0) is 10.0 Å². The molecule has 1 heterocycles. The molecule has 0 bridgehead atoms. The fourth-order valence-electron chi connectivity index (χ4n) is 3.00. The third kappa shape index (κ3) is 3.22. The molecule has 118 valence electrons. The summed E-state index contributed by atoms with van der Waals surface area (Å²) >= 11 is 0. The maximum atomic E-state index is 12.8. The van der Waals surface area contributed by atoms with Crippen molar-refractivity contribution >= 4 is 10.0 Å². The fourth-order valence-corrected chi connectivity index (χ4v) is 4.94. The van der Waals surface area contributed by atoms with Gasteiger partial charge in [0.15, 0.2) is 0 Å². The van der Waals surface area contributed by atoms with Crippen molar-refractivity contribution in [2.75, 3.05) is 26.8 Å². The summed E-state index contributed by atoms with van der Waals surface area (Å²) in [5.41, 5.74) is 1.41. The van der Waals surface area contributed by atoms with Gasteiger partial charge in [-0.15, -0.1) is 0 Å². The molecule has 21 heavy (non-hydrogen) atoms. The van der Waals surface area contributed by atoms with Gasteiger partial charge in [-0.25, -0.2) is 8.42 Å². The Bertz CT molecular complexity index is 589. The highest BCUT2D eigenvalue weighted by Crippen LogP contribution is 2.31. The second kappa shape index (κ2) is 6.34. The highest BCUT2D eigenvalue weighted by Gasteiger charge is 2.34. The summed E-state index contributed by atoms with van der Waals surface area (Å²) in [5, 5.41) is 9.00. The van der Waals surface area contributed by atoms with E-state index in [1.807, 2.05) is 0 Å². The second-order valence-electron chi connectivity index (χ2n) is 5.62. The maximum absolute atomic E-state index is 12.8. The standard InChI is InChI=1S/C15H23NO4S/c1-11-8-14(20-3)9-12(2)15(11)21(18,19)16-6-4-13(10-16)5-7-17/h8-9,13,17H,4-7,10H2,1-3H3. The lowest BCUT2D eigenvalue weighted by Crippen LogP contribution is -2.30. The Morgan fingerprint density at radius 2 is 1.95 bits per heavy atom. The van der Waals surface area contributed by atoms with Gasteiger partial charge >= 0.3 is 0 Å². The van der Waals surface area contributed by atoms with Gasteiger partial charge in [0.1, 0.15) is 5.75 Å². The Labute approximate surface area is 126 Å². The van der Waals surface area contributed by atoms with E-state index in [1.54, 1.807) is 33.1 Å². The minimum absolute atomic E-state index is 0.110. The molecule has 1 saturated heterocycles. The van der Waals surface area contributed by atoms with E-state index in [0.29, 0.717) is 41.3 Å². The Hall–Kier alpha value is -1.11. The first kappa shape index (κ1) is 16.3. The third-order valence-corrected chi connectivity index (χ3v) is 6.22. The van der Waals surface area contributed by atoms with Crippen molar-refractivity contribution in [3.05, 3.63) is 23.3 Å². The first-order chi connectivity index (χ1) is 9.90. The smallest absolute Gasteiger partial charge is 0.243 e. The van der Waals surface area contributed by atoms with Crippen LogP contribution in [0.15, 0.2) is 17.0 Å². The summed E-state index contributed by atoms with van der Waals surface area (Å²) in [6.07, 6.45) is 1.47. The molecule has 0 radical (unpaired) electrons. The van der Waals surface area contributed by atoms with Crippen molar-refractivity contribution < 1.29 is 18.3 Å². The van der Waals surface area contributed by atoms with Crippen LogP contribution < -0.4 is 4.74 Å². The fraction of sp³-hybridized carbons (Fsp3) is 0.600. The summed E-state index contributed by atoms with van der Waals surface area (Å²) in [6, 6.07) is 3.50. The van der Waals surface area contributed by atoms with Crippen LogP contribution in [0, 0.1) is 19.8 Å². The quantitative estimate of drug-likeness (QED) is 0.898. The van der Waals surface area contributed by atoms with Crippen LogP contribution in [0.4, 0.5) is 0 Å².